The second-order valence-corrected chi connectivity index (χ2v) is 3.40. The maximum Gasteiger partial charge on any atom is 0.297 e. The minimum atomic E-state index is -0.361. The fourth-order valence-electron chi connectivity index (χ4n) is 1.51. The molecule has 0 spiro atoms. The van der Waals surface area contributed by atoms with Gasteiger partial charge >= 0.3 is 0 Å². The molecule has 1 aliphatic heterocycles. The van der Waals surface area contributed by atoms with E-state index in [4.69, 9.17) is 9.84 Å². The molecule has 8 nitrogen and oxygen atoms in total. The number of aromatic amines is 1. The number of aliphatic hydroxyl groups is 1. The number of aliphatic hydroxyl groups excluding tert-OH is 1. The van der Waals surface area contributed by atoms with Crippen LogP contribution >= 0.6 is 0 Å². The maximum absolute atomic E-state index is 11.5. The number of nitrogens with one attached hydrogen (secondary N) is 3. The Morgan fingerprint density at radius 1 is 1.56 bits per heavy atom. The second-order valence-electron chi connectivity index (χ2n) is 3.40. The highest BCUT2D eigenvalue weighted by molar-refractivity contribution is 5.97. The molecule has 0 saturated heterocycles. The van der Waals surface area contributed by atoms with E-state index >= 15 is 0 Å². The number of hydrogen-bond donors (Lipinski definition) is 5. The van der Waals surface area contributed by atoms with Crippen LogP contribution in [-0.2, 0) is 11.5 Å². The van der Waals surface area contributed by atoms with Crippen LogP contribution in [-0.4, -0.2) is 35.5 Å². The monoisotopic (exact) mass is 229 g/mol. The van der Waals surface area contributed by atoms with Crippen molar-refractivity contribution >= 4 is 11.7 Å². The summed E-state index contributed by atoms with van der Waals surface area (Å²) in [5, 5.41) is 14.2. The van der Waals surface area contributed by atoms with E-state index in [9.17, 15) is 4.79 Å². The van der Waals surface area contributed by atoms with Crippen molar-refractivity contribution in [1.82, 2.24) is 10.3 Å². The van der Waals surface area contributed by atoms with Crippen LogP contribution in [0.3, 0.4) is 0 Å². The van der Waals surface area contributed by atoms with Gasteiger partial charge in [-0.15, -0.1) is 0 Å². The van der Waals surface area contributed by atoms with Gasteiger partial charge in [0.1, 0.15) is 0 Å². The van der Waals surface area contributed by atoms with Crippen LogP contribution in [0.5, 0.6) is 0 Å². The van der Waals surface area contributed by atoms with Crippen molar-refractivity contribution < 1.29 is 24.9 Å². The van der Waals surface area contributed by atoms with Gasteiger partial charge in [-0.1, -0.05) is 0 Å². The van der Waals surface area contributed by atoms with Crippen molar-refractivity contribution in [3.05, 3.63) is 12.0 Å². The van der Waals surface area contributed by atoms with Crippen molar-refractivity contribution in [3.63, 3.8) is 0 Å². The van der Waals surface area contributed by atoms with Crippen LogP contribution in [0.1, 0.15) is 10.5 Å². The van der Waals surface area contributed by atoms with Gasteiger partial charge < -0.3 is 15.6 Å². The quantitative estimate of drug-likeness (QED) is 0.278. The molecular formula is C8H15N5O3+2. The molecule has 2 rings (SSSR count). The van der Waals surface area contributed by atoms with Crippen molar-refractivity contribution in [2.24, 2.45) is 0 Å². The van der Waals surface area contributed by atoms with Gasteiger partial charge in [-0.25, -0.2) is 9.88 Å². The number of amides is 1. The topological polar surface area (TPSA) is 118 Å². The van der Waals surface area contributed by atoms with Gasteiger partial charge in [0.05, 0.1) is 13.2 Å². The third kappa shape index (κ3) is 1.98. The third-order valence-corrected chi connectivity index (χ3v) is 2.20. The first kappa shape index (κ1) is 10.9. The lowest BCUT2D eigenvalue weighted by atomic mass is 10.3. The molecule has 0 saturated carbocycles. The number of rotatable bonds is 4. The largest absolute Gasteiger partial charge is 0.394 e. The lowest BCUT2D eigenvalue weighted by Gasteiger charge is -2.15. The van der Waals surface area contributed by atoms with Crippen molar-refractivity contribution in [1.29, 1.82) is 0 Å². The molecule has 0 aliphatic carbocycles. The normalized spacial score (nSPS) is 18.9. The van der Waals surface area contributed by atoms with E-state index in [1.165, 1.54) is 0 Å². The summed E-state index contributed by atoms with van der Waals surface area (Å²) < 4.78 is 6.87. The summed E-state index contributed by atoms with van der Waals surface area (Å²) in [5.74, 6) is 0.441. The van der Waals surface area contributed by atoms with Crippen LogP contribution in [0.2, 0.25) is 0 Å². The summed E-state index contributed by atoms with van der Waals surface area (Å²) in [6.45, 7) is 0.491. The Kier molecular flexibility index (Phi) is 3.04. The molecular weight excluding hydrogens is 214 g/mol. The van der Waals surface area contributed by atoms with Gasteiger partial charge in [-0.2, -0.15) is 0 Å². The molecule has 0 fully saturated rings. The Morgan fingerprint density at radius 3 is 3.12 bits per heavy atom. The van der Waals surface area contributed by atoms with Crippen LogP contribution < -0.4 is 20.9 Å². The molecule has 7 N–H and O–H groups in total. The Labute approximate surface area is 91.4 Å². The summed E-state index contributed by atoms with van der Waals surface area (Å²) in [7, 11) is 0. The average molecular weight is 229 g/mol. The van der Waals surface area contributed by atoms with E-state index in [-0.39, 0.29) is 32.1 Å². The van der Waals surface area contributed by atoms with Crippen molar-refractivity contribution in [2.45, 2.75) is 13.0 Å². The molecule has 1 atom stereocenters. The molecule has 2 heterocycles. The summed E-state index contributed by atoms with van der Waals surface area (Å²) in [6, 6.07) is 0. The van der Waals surface area contributed by atoms with Gasteiger partial charge in [0.2, 0.25) is 5.69 Å². The number of aromatic nitrogens is 2. The molecule has 1 aliphatic rings. The minimum Gasteiger partial charge on any atom is -0.394 e. The fourth-order valence-corrected chi connectivity index (χ4v) is 1.51. The molecule has 1 aromatic rings. The van der Waals surface area contributed by atoms with E-state index in [2.05, 4.69) is 21.4 Å². The first-order valence-corrected chi connectivity index (χ1v) is 4.92. The van der Waals surface area contributed by atoms with E-state index in [1.54, 1.807) is 10.9 Å². The highest BCUT2D eigenvalue weighted by Crippen LogP contribution is 2.11. The minimum absolute atomic E-state index is 0.0287. The zero-order chi connectivity index (χ0) is 11.5. The maximum atomic E-state index is 11.5. The first-order chi connectivity index (χ1) is 7.72. The Balaban J connectivity index is 2.13. The molecule has 1 aromatic heterocycles. The molecule has 0 radical (unpaired) electrons. The van der Waals surface area contributed by atoms with E-state index in [0.29, 0.717) is 11.5 Å². The third-order valence-electron chi connectivity index (χ3n) is 2.20. The Morgan fingerprint density at radius 2 is 2.38 bits per heavy atom. The standard InChI is InChI=1S/C8H13N5O3/c9-8-11-6-5(7(15)12-8)10-3-13(6)4-16-2-1-14/h3,8,14H,1-2,4,9H2,(H2,11,12,15)/p+2/t8-/m0/s1. The Hall–Kier alpha value is -1.64. The van der Waals surface area contributed by atoms with Crippen LogP contribution in [0.25, 0.3) is 0 Å². The SMILES string of the molecule is [NH3+][C@@H]1NC(=O)c2[nH]c[n+](COCCO)c2N1. The number of nitrogens with zero attached hydrogens (tertiary/aromatic N) is 1. The Bertz CT molecular complexity index is 391. The van der Waals surface area contributed by atoms with Crippen LogP contribution in [0.15, 0.2) is 6.33 Å². The molecule has 8 heteroatoms. The van der Waals surface area contributed by atoms with Crippen LogP contribution in [0, 0.1) is 0 Å². The second kappa shape index (κ2) is 4.47. The summed E-state index contributed by atoms with van der Waals surface area (Å²) in [6.07, 6.45) is 1.27. The number of imidazole rings is 1. The zero-order valence-corrected chi connectivity index (χ0v) is 8.69. The number of hydrogen-bond acceptors (Lipinski definition) is 4. The number of carbonyl (C=O) groups excluding carboxylic acids is 1. The lowest BCUT2D eigenvalue weighted by Crippen LogP contribution is -2.74. The molecule has 16 heavy (non-hydrogen) atoms. The van der Waals surface area contributed by atoms with Gasteiger partial charge in [0, 0.05) is 0 Å². The summed E-state index contributed by atoms with van der Waals surface area (Å²) >= 11 is 0. The molecule has 1 amide bonds. The highest BCUT2D eigenvalue weighted by atomic mass is 16.5. The van der Waals surface area contributed by atoms with Gasteiger partial charge in [-0.05, 0) is 0 Å². The number of quaternary nitrogens is 1. The average Bonchev–Trinajstić information content (AvgIpc) is 2.62. The number of H-pyrrole nitrogens is 1. The van der Waals surface area contributed by atoms with E-state index in [0.717, 1.165) is 0 Å². The smallest absolute Gasteiger partial charge is 0.297 e. The van der Waals surface area contributed by atoms with Crippen LogP contribution in [0.4, 0.5) is 5.82 Å². The first-order valence-electron chi connectivity index (χ1n) is 4.92. The van der Waals surface area contributed by atoms with Gasteiger partial charge in [-0.3, -0.25) is 15.1 Å². The number of fused-ring (bicyclic) bond motifs is 1. The van der Waals surface area contributed by atoms with Gasteiger partial charge in [0.25, 0.3) is 18.0 Å². The molecule has 0 aromatic carbocycles. The molecule has 0 bridgehead atoms. The predicted molar refractivity (Wildman–Crippen MR) is 51.8 cm³/mol. The van der Waals surface area contributed by atoms with Crippen molar-refractivity contribution in [2.75, 3.05) is 18.5 Å². The number of anilines is 1. The highest BCUT2D eigenvalue weighted by Gasteiger charge is 2.33. The van der Waals surface area contributed by atoms with Gasteiger partial charge in [0.15, 0.2) is 13.1 Å². The molecule has 0 unspecified atom stereocenters. The fraction of sp³-hybridized carbons (Fsp3) is 0.500. The summed E-state index contributed by atoms with van der Waals surface area (Å²) in [4.78, 5) is 14.4. The van der Waals surface area contributed by atoms with E-state index in [1.807, 2.05) is 0 Å². The predicted octanol–water partition coefficient (Wildman–Crippen LogP) is -3.05. The van der Waals surface area contributed by atoms with E-state index < -0.39 is 0 Å². The van der Waals surface area contributed by atoms with Crippen molar-refractivity contribution in [3.8, 4) is 0 Å². The zero-order valence-electron chi connectivity index (χ0n) is 8.69. The summed E-state index contributed by atoms with van der Waals surface area (Å²) in [5.41, 5.74) is 4.16. The number of ether oxygens (including phenoxy) is 1. The lowest BCUT2D eigenvalue weighted by molar-refractivity contribution is -0.720. The number of carbonyl (C=O) groups is 1. The molecule has 88 valence electrons.